The van der Waals surface area contributed by atoms with Crippen molar-refractivity contribution >= 4 is 34.8 Å². The highest BCUT2D eigenvalue weighted by Crippen LogP contribution is 2.30. The van der Waals surface area contributed by atoms with Crippen LogP contribution in [-0.2, 0) is 4.74 Å². The maximum Gasteiger partial charge on any atom is 0.254 e. The number of carbonyl (C=O) groups excluding carboxylic acids is 1. The molecule has 1 unspecified atom stereocenters. The molecule has 1 heterocycles. The summed E-state index contributed by atoms with van der Waals surface area (Å²) in [6.45, 7) is 0.993. The van der Waals surface area contributed by atoms with Gasteiger partial charge in [-0.2, -0.15) is 5.26 Å². The smallest absolute Gasteiger partial charge is 0.254 e. The summed E-state index contributed by atoms with van der Waals surface area (Å²) in [7, 11) is 0. The molecule has 0 radical (unpaired) electrons. The predicted molar refractivity (Wildman–Crippen MR) is 72.1 cm³/mol. The molecule has 0 saturated carbocycles. The number of nitrogens with zero attached hydrogens (tertiary/aromatic N) is 2. The van der Waals surface area contributed by atoms with Crippen LogP contribution in [0.1, 0.15) is 10.4 Å². The van der Waals surface area contributed by atoms with E-state index in [2.05, 4.69) is 0 Å². The highest BCUT2D eigenvalue weighted by Gasteiger charge is 2.25. The van der Waals surface area contributed by atoms with Gasteiger partial charge in [0.25, 0.3) is 5.91 Å². The van der Waals surface area contributed by atoms with Crippen molar-refractivity contribution in [3.05, 3.63) is 27.7 Å². The van der Waals surface area contributed by atoms with E-state index in [4.69, 9.17) is 38.9 Å². The summed E-state index contributed by atoms with van der Waals surface area (Å²) in [5.41, 5.74) is 6.28. The molecule has 1 atom stereocenters. The van der Waals surface area contributed by atoms with E-state index in [9.17, 15) is 4.79 Å². The third kappa shape index (κ3) is 2.92. The van der Waals surface area contributed by atoms with Crippen LogP contribution in [0.15, 0.2) is 12.1 Å². The summed E-state index contributed by atoms with van der Waals surface area (Å²) in [4.78, 5) is 13.8. The number of halogens is 2. The van der Waals surface area contributed by atoms with Crippen molar-refractivity contribution in [1.82, 2.24) is 4.90 Å². The van der Waals surface area contributed by atoms with Gasteiger partial charge in [0.15, 0.2) is 6.10 Å². The van der Waals surface area contributed by atoms with Crippen LogP contribution in [0.5, 0.6) is 0 Å². The molecule has 1 aliphatic rings. The van der Waals surface area contributed by atoms with Crippen LogP contribution < -0.4 is 5.73 Å². The molecule has 1 aromatic carbocycles. The molecular weight excluding hydrogens is 289 g/mol. The van der Waals surface area contributed by atoms with Gasteiger partial charge in [-0.1, -0.05) is 23.2 Å². The Kier molecular flexibility index (Phi) is 4.15. The Labute approximate surface area is 120 Å². The predicted octanol–water partition coefficient (Wildman–Crippen LogP) is 1.94. The fourth-order valence-electron chi connectivity index (χ4n) is 1.83. The van der Waals surface area contributed by atoms with Gasteiger partial charge in [0.05, 0.1) is 35.0 Å². The third-order valence-electron chi connectivity index (χ3n) is 2.80. The Balaban J connectivity index is 2.22. The number of hydrogen-bond acceptors (Lipinski definition) is 4. The van der Waals surface area contributed by atoms with Crippen molar-refractivity contribution in [1.29, 1.82) is 5.26 Å². The molecule has 2 N–H and O–H groups in total. The molecule has 1 saturated heterocycles. The summed E-state index contributed by atoms with van der Waals surface area (Å²) in [5, 5.41) is 9.28. The Morgan fingerprint density at radius 1 is 1.53 bits per heavy atom. The van der Waals surface area contributed by atoms with E-state index in [0.29, 0.717) is 18.7 Å². The minimum atomic E-state index is -0.599. The van der Waals surface area contributed by atoms with Crippen LogP contribution in [0.4, 0.5) is 5.69 Å². The van der Waals surface area contributed by atoms with Gasteiger partial charge in [-0.3, -0.25) is 4.79 Å². The number of rotatable bonds is 1. The van der Waals surface area contributed by atoms with Gasteiger partial charge in [0.2, 0.25) is 0 Å². The van der Waals surface area contributed by atoms with Crippen molar-refractivity contribution in [3.63, 3.8) is 0 Å². The zero-order valence-corrected chi connectivity index (χ0v) is 11.4. The maximum atomic E-state index is 12.3. The van der Waals surface area contributed by atoms with Gasteiger partial charge in [-0.05, 0) is 12.1 Å². The fourth-order valence-corrected chi connectivity index (χ4v) is 2.16. The van der Waals surface area contributed by atoms with Crippen molar-refractivity contribution in [3.8, 4) is 6.07 Å². The second-order valence-electron chi connectivity index (χ2n) is 4.10. The summed E-state index contributed by atoms with van der Waals surface area (Å²) in [5.74, 6) is -0.242. The van der Waals surface area contributed by atoms with Gasteiger partial charge >= 0.3 is 0 Å². The number of hydrogen-bond donors (Lipinski definition) is 1. The van der Waals surface area contributed by atoms with Crippen molar-refractivity contribution in [2.45, 2.75) is 6.10 Å². The number of amides is 1. The molecule has 1 fully saturated rings. The average Bonchev–Trinajstić information content (AvgIpc) is 2.43. The molecule has 0 aromatic heterocycles. The van der Waals surface area contributed by atoms with Crippen LogP contribution in [0.3, 0.4) is 0 Å². The molecule has 2 rings (SSSR count). The minimum Gasteiger partial charge on any atom is -0.397 e. The average molecular weight is 300 g/mol. The van der Waals surface area contributed by atoms with Gasteiger partial charge in [-0.25, -0.2) is 0 Å². The van der Waals surface area contributed by atoms with E-state index in [1.54, 1.807) is 0 Å². The minimum absolute atomic E-state index is 0.232. The van der Waals surface area contributed by atoms with Gasteiger partial charge in [0, 0.05) is 12.1 Å². The number of nitriles is 1. The standard InChI is InChI=1S/C12H11Cl2N3O2/c13-9-3-7(4-10(16)11(9)14)12(18)17-1-2-19-8(5-15)6-17/h3-4,8H,1-2,6,16H2. The van der Waals surface area contributed by atoms with Crippen molar-refractivity contribution in [2.75, 3.05) is 25.4 Å². The largest absolute Gasteiger partial charge is 0.397 e. The molecule has 0 aliphatic carbocycles. The van der Waals surface area contributed by atoms with E-state index in [1.807, 2.05) is 6.07 Å². The summed E-state index contributed by atoms with van der Waals surface area (Å²) in [6.07, 6.45) is -0.599. The number of benzene rings is 1. The van der Waals surface area contributed by atoms with Crippen molar-refractivity contribution < 1.29 is 9.53 Å². The van der Waals surface area contributed by atoms with Crippen LogP contribution in [0, 0.1) is 11.3 Å². The lowest BCUT2D eigenvalue weighted by atomic mass is 10.1. The number of ether oxygens (including phenoxy) is 1. The molecule has 1 aromatic rings. The summed E-state index contributed by atoms with van der Waals surface area (Å²) in [6, 6.07) is 4.94. The molecular formula is C12H11Cl2N3O2. The van der Waals surface area contributed by atoms with Gasteiger partial charge in [0.1, 0.15) is 0 Å². The second-order valence-corrected chi connectivity index (χ2v) is 4.89. The van der Waals surface area contributed by atoms with Crippen LogP contribution >= 0.6 is 23.2 Å². The Hall–Kier alpha value is -1.48. The fraction of sp³-hybridized carbons (Fsp3) is 0.333. The van der Waals surface area contributed by atoms with E-state index < -0.39 is 6.10 Å². The molecule has 5 nitrogen and oxygen atoms in total. The third-order valence-corrected chi connectivity index (χ3v) is 3.62. The lowest BCUT2D eigenvalue weighted by molar-refractivity contribution is 0.00347. The van der Waals surface area contributed by atoms with Crippen LogP contribution in [0.25, 0.3) is 0 Å². The first kappa shape index (κ1) is 13.9. The van der Waals surface area contributed by atoms with Gasteiger partial charge < -0.3 is 15.4 Å². The Morgan fingerprint density at radius 2 is 2.26 bits per heavy atom. The lowest BCUT2D eigenvalue weighted by Crippen LogP contribution is -2.45. The van der Waals surface area contributed by atoms with E-state index in [1.165, 1.54) is 17.0 Å². The molecule has 19 heavy (non-hydrogen) atoms. The highest BCUT2D eigenvalue weighted by molar-refractivity contribution is 6.43. The Bertz CT molecular complexity index is 533. The summed E-state index contributed by atoms with van der Waals surface area (Å²) >= 11 is 11.7. The normalized spacial score (nSPS) is 19.0. The lowest BCUT2D eigenvalue weighted by Gasteiger charge is -2.30. The number of morpholine rings is 1. The molecule has 100 valence electrons. The molecule has 0 bridgehead atoms. The zero-order chi connectivity index (χ0) is 14.0. The Morgan fingerprint density at radius 3 is 2.89 bits per heavy atom. The number of nitrogens with two attached hydrogens (primary N) is 1. The van der Waals surface area contributed by atoms with Crippen LogP contribution in [0.2, 0.25) is 10.0 Å². The van der Waals surface area contributed by atoms with E-state index in [0.717, 1.165) is 0 Å². The van der Waals surface area contributed by atoms with E-state index >= 15 is 0 Å². The van der Waals surface area contributed by atoms with Crippen LogP contribution in [-0.4, -0.2) is 36.6 Å². The first-order chi connectivity index (χ1) is 9.02. The van der Waals surface area contributed by atoms with E-state index in [-0.39, 0.29) is 28.2 Å². The van der Waals surface area contributed by atoms with Gasteiger partial charge in [-0.15, -0.1) is 0 Å². The second kappa shape index (κ2) is 5.66. The molecule has 7 heteroatoms. The quantitative estimate of drug-likeness (QED) is 0.804. The molecule has 0 spiro atoms. The number of carbonyl (C=O) groups is 1. The first-order valence-electron chi connectivity index (χ1n) is 5.58. The molecule has 1 amide bonds. The SMILES string of the molecule is N#CC1CN(C(=O)c2cc(N)c(Cl)c(Cl)c2)CCO1. The monoisotopic (exact) mass is 299 g/mol. The number of nitrogen functional groups attached to an aromatic ring is 1. The summed E-state index contributed by atoms with van der Waals surface area (Å²) < 4.78 is 5.18. The topological polar surface area (TPSA) is 79.4 Å². The number of anilines is 1. The van der Waals surface area contributed by atoms with Crippen molar-refractivity contribution in [2.24, 2.45) is 0 Å². The molecule has 1 aliphatic heterocycles. The zero-order valence-electron chi connectivity index (χ0n) is 9.90. The first-order valence-corrected chi connectivity index (χ1v) is 6.33. The maximum absolute atomic E-state index is 12.3. The highest BCUT2D eigenvalue weighted by atomic mass is 35.5.